The molecule has 0 N–H and O–H groups in total. The lowest BCUT2D eigenvalue weighted by atomic mass is 9.54. The molecule has 25 heavy (non-hydrogen) atoms. The van der Waals surface area contributed by atoms with E-state index in [1.807, 2.05) is 0 Å². The molecule has 2 aliphatic carbocycles. The van der Waals surface area contributed by atoms with Crippen molar-refractivity contribution in [3.05, 3.63) is 65.7 Å². The summed E-state index contributed by atoms with van der Waals surface area (Å²) in [5.74, 6) is 2.40. The molecule has 0 bridgehead atoms. The number of ether oxygens (including phenoxy) is 1. The van der Waals surface area contributed by atoms with Crippen molar-refractivity contribution in [2.75, 3.05) is 0 Å². The van der Waals surface area contributed by atoms with Gasteiger partial charge in [-0.05, 0) is 37.3 Å². The Morgan fingerprint density at radius 3 is 2.36 bits per heavy atom. The second kappa shape index (κ2) is 6.20. The van der Waals surface area contributed by atoms with E-state index in [0.717, 1.165) is 0 Å². The molecule has 130 valence electrons. The number of benzene rings is 2. The molecule has 1 nitrogen and oxygen atoms in total. The van der Waals surface area contributed by atoms with Crippen molar-refractivity contribution in [2.24, 2.45) is 5.92 Å². The highest BCUT2D eigenvalue weighted by molar-refractivity contribution is 5.44. The first kappa shape index (κ1) is 15.5. The van der Waals surface area contributed by atoms with Gasteiger partial charge >= 0.3 is 0 Å². The Labute approximate surface area is 151 Å². The minimum absolute atomic E-state index is 0.351. The standard InChI is InChI=1S/C24H28O/c1-3-10-18(11-4-1)19-12-9-14-21-23(19)25-22-15-6-5-13-20(22)24(21)16-7-2-8-17-24/h1,3-6,10-11,13,15,19,21,23H,2,7-9,12,14,16-17H2. The first-order chi connectivity index (χ1) is 12.4. The molecule has 3 unspecified atom stereocenters. The molecule has 1 heterocycles. The fourth-order valence-electron chi connectivity index (χ4n) is 6.13. The summed E-state index contributed by atoms with van der Waals surface area (Å²) in [6.07, 6.45) is 11.2. The molecular formula is C24H28O. The fourth-order valence-corrected chi connectivity index (χ4v) is 6.13. The van der Waals surface area contributed by atoms with Crippen molar-refractivity contribution in [1.82, 2.24) is 0 Å². The van der Waals surface area contributed by atoms with E-state index in [2.05, 4.69) is 54.6 Å². The van der Waals surface area contributed by atoms with Crippen LogP contribution >= 0.6 is 0 Å². The van der Waals surface area contributed by atoms with Gasteiger partial charge in [0.2, 0.25) is 0 Å². The summed E-state index contributed by atoms with van der Waals surface area (Å²) in [7, 11) is 0. The smallest absolute Gasteiger partial charge is 0.123 e. The van der Waals surface area contributed by atoms with Crippen molar-refractivity contribution in [3.63, 3.8) is 0 Å². The van der Waals surface area contributed by atoms with Gasteiger partial charge in [0, 0.05) is 22.8 Å². The predicted molar refractivity (Wildman–Crippen MR) is 102 cm³/mol. The van der Waals surface area contributed by atoms with Crippen molar-refractivity contribution in [3.8, 4) is 5.75 Å². The van der Waals surface area contributed by atoms with Crippen LogP contribution in [0, 0.1) is 5.92 Å². The molecule has 2 aromatic rings. The fraction of sp³-hybridized carbons (Fsp3) is 0.500. The molecule has 3 aliphatic rings. The quantitative estimate of drug-likeness (QED) is 0.601. The largest absolute Gasteiger partial charge is 0.489 e. The van der Waals surface area contributed by atoms with Gasteiger partial charge < -0.3 is 4.74 Å². The molecule has 1 heteroatoms. The monoisotopic (exact) mass is 332 g/mol. The number of rotatable bonds is 1. The SMILES string of the molecule is c1ccc(C2CCCC3C2Oc2ccccc2C32CCCCC2)cc1. The van der Waals surface area contributed by atoms with Crippen LogP contribution < -0.4 is 4.74 Å². The maximum absolute atomic E-state index is 6.73. The molecule has 5 rings (SSSR count). The maximum Gasteiger partial charge on any atom is 0.123 e. The summed E-state index contributed by atoms with van der Waals surface area (Å²) in [4.78, 5) is 0. The van der Waals surface area contributed by atoms with Gasteiger partial charge in [-0.2, -0.15) is 0 Å². The van der Waals surface area contributed by atoms with Gasteiger partial charge in [0.1, 0.15) is 11.9 Å². The van der Waals surface area contributed by atoms with Gasteiger partial charge in [0.05, 0.1) is 0 Å². The topological polar surface area (TPSA) is 9.23 Å². The minimum atomic E-state index is 0.351. The lowest BCUT2D eigenvalue weighted by Gasteiger charge is -2.54. The van der Waals surface area contributed by atoms with Crippen molar-refractivity contribution < 1.29 is 4.74 Å². The van der Waals surface area contributed by atoms with Gasteiger partial charge in [0.15, 0.2) is 0 Å². The Morgan fingerprint density at radius 1 is 0.760 bits per heavy atom. The maximum atomic E-state index is 6.73. The van der Waals surface area contributed by atoms with Gasteiger partial charge in [-0.1, -0.05) is 74.2 Å². The highest BCUT2D eigenvalue weighted by atomic mass is 16.5. The summed E-state index contributed by atoms with van der Waals surface area (Å²) >= 11 is 0. The van der Waals surface area contributed by atoms with E-state index >= 15 is 0 Å². The lowest BCUT2D eigenvalue weighted by molar-refractivity contribution is -0.0150. The van der Waals surface area contributed by atoms with Crippen LogP contribution in [0.25, 0.3) is 0 Å². The van der Waals surface area contributed by atoms with E-state index in [1.165, 1.54) is 68.2 Å². The van der Waals surface area contributed by atoms with Crippen LogP contribution in [0.15, 0.2) is 54.6 Å². The minimum Gasteiger partial charge on any atom is -0.489 e. The Balaban J connectivity index is 1.61. The zero-order valence-corrected chi connectivity index (χ0v) is 15.0. The van der Waals surface area contributed by atoms with Crippen molar-refractivity contribution >= 4 is 0 Å². The number of hydrogen-bond acceptors (Lipinski definition) is 1. The van der Waals surface area contributed by atoms with E-state index in [-0.39, 0.29) is 0 Å². The lowest BCUT2D eigenvalue weighted by Crippen LogP contribution is -2.52. The molecule has 2 saturated carbocycles. The molecule has 0 aromatic heterocycles. The van der Waals surface area contributed by atoms with Crippen LogP contribution in [0.2, 0.25) is 0 Å². The van der Waals surface area contributed by atoms with E-state index in [0.29, 0.717) is 23.4 Å². The highest BCUT2D eigenvalue weighted by Crippen LogP contribution is 2.58. The molecule has 0 amide bonds. The Morgan fingerprint density at radius 2 is 1.52 bits per heavy atom. The third kappa shape index (κ3) is 2.43. The van der Waals surface area contributed by atoms with Gasteiger partial charge in [0.25, 0.3) is 0 Å². The molecule has 3 atom stereocenters. The normalized spacial score (nSPS) is 30.2. The zero-order chi connectivity index (χ0) is 16.7. The van der Waals surface area contributed by atoms with E-state index in [1.54, 1.807) is 0 Å². The van der Waals surface area contributed by atoms with Crippen LogP contribution in [0.1, 0.15) is 68.4 Å². The van der Waals surface area contributed by atoms with Gasteiger partial charge in [-0.3, -0.25) is 0 Å². The van der Waals surface area contributed by atoms with Crippen molar-refractivity contribution in [2.45, 2.75) is 68.8 Å². The Kier molecular flexibility index (Phi) is 3.84. The molecule has 0 radical (unpaired) electrons. The third-order valence-electron chi connectivity index (χ3n) is 7.19. The van der Waals surface area contributed by atoms with Crippen LogP contribution in [0.4, 0.5) is 0 Å². The summed E-state index contributed by atoms with van der Waals surface area (Å²) in [6.45, 7) is 0. The summed E-state index contributed by atoms with van der Waals surface area (Å²) in [6, 6.07) is 20.1. The first-order valence-electron chi connectivity index (χ1n) is 10.2. The van der Waals surface area contributed by atoms with E-state index in [9.17, 15) is 0 Å². The summed E-state index contributed by atoms with van der Waals surface area (Å²) < 4.78 is 6.73. The van der Waals surface area contributed by atoms with Gasteiger partial charge in [-0.25, -0.2) is 0 Å². The Bertz CT molecular complexity index is 729. The van der Waals surface area contributed by atoms with E-state index < -0.39 is 0 Å². The molecule has 2 aromatic carbocycles. The van der Waals surface area contributed by atoms with Crippen molar-refractivity contribution in [1.29, 1.82) is 0 Å². The second-order valence-electron chi connectivity index (χ2n) is 8.35. The number of fused-ring (bicyclic) bond motifs is 4. The highest BCUT2D eigenvalue weighted by Gasteiger charge is 2.53. The predicted octanol–water partition coefficient (Wildman–Crippen LogP) is 6.23. The molecular weight excluding hydrogens is 304 g/mol. The third-order valence-corrected chi connectivity index (χ3v) is 7.19. The van der Waals surface area contributed by atoms with E-state index in [4.69, 9.17) is 4.74 Å². The van der Waals surface area contributed by atoms with Crippen LogP contribution in [0.5, 0.6) is 5.75 Å². The number of para-hydroxylation sites is 1. The second-order valence-corrected chi connectivity index (χ2v) is 8.35. The van der Waals surface area contributed by atoms with Crippen LogP contribution in [-0.2, 0) is 5.41 Å². The van der Waals surface area contributed by atoms with Gasteiger partial charge in [-0.15, -0.1) is 0 Å². The molecule has 1 spiro atoms. The van der Waals surface area contributed by atoms with Crippen LogP contribution in [-0.4, -0.2) is 6.10 Å². The number of hydrogen-bond donors (Lipinski definition) is 0. The summed E-state index contributed by atoms with van der Waals surface area (Å²) in [5, 5.41) is 0. The average molecular weight is 332 g/mol. The van der Waals surface area contributed by atoms with Crippen LogP contribution in [0.3, 0.4) is 0 Å². The molecule has 2 fully saturated rings. The zero-order valence-electron chi connectivity index (χ0n) is 15.0. The first-order valence-corrected chi connectivity index (χ1v) is 10.2. The molecule has 0 saturated heterocycles. The molecule has 1 aliphatic heterocycles. The summed E-state index contributed by atoms with van der Waals surface area (Å²) in [5.41, 5.74) is 3.36. The Hall–Kier alpha value is -1.76. The average Bonchev–Trinajstić information content (AvgIpc) is 2.69.